The Morgan fingerprint density at radius 3 is 2.44 bits per heavy atom. The van der Waals surface area contributed by atoms with E-state index in [0.717, 1.165) is 13.4 Å². The van der Waals surface area contributed by atoms with E-state index in [4.69, 9.17) is 10.3 Å². The van der Waals surface area contributed by atoms with Crippen LogP contribution in [0.25, 0.3) is 0 Å². The van der Waals surface area contributed by atoms with Gasteiger partial charge in [0, 0.05) is 0 Å². The maximum atomic E-state index is 5.01. The van der Waals surface area contributed by atoms with Crippen molar-refractivity contribution in [2.24, 2.45) is 5.64 Å². The Labute approximate surface area is 54.9 Å². The van der Waals surface area contributed by atoms with Crippen molar-refractivity contribution in [1.82, 2.24) is 0 Å². The zero-order valence-corrected chi connectivity index (χ0v) is 4.95. The standard InChI is InChI=1S/C6H7BNO/c8-7-9-6-4-2-1-3-5-6/h1-5H,8H2. The molecule has 9 heavy (non-hydrogen) atoms. The van der Waals surface area contributed by atoms with Gasteiger partial charge in [-0.05, 0) is 12.1 Å². The van der Waals surface area contributed by atoms with E-state index >= 15 is 0 Å². The minimum absolute atomic E-state index is 0.764. The van der Waals surface area contributed by atoms with Gasteiger partial charge in [-0.1, -0.05) is 18.2 Å². The molecule has 45 valence electrons. The predicted octanol–water partition coefficient (Wildman–Crippen LogP) is 0.558. The van der Waals surface area contributed by atoms with Crippen molar-refractivity contribution in [3.05, 3.63) is 30.3 Å². The molecule has 2 nitrogen and oxygen atoms in total. The summed E-state index contributed by atoms with van der Waals surface area (Å²) >= 11 is 0. The van der Waals surface area contributed by atoms with Crippen LogP contribution in [-0.2, 0) is 0 Å². The van der Waals surface area contributed by atoms with Crippen LogP contribution >= 0.6 is 0 Å². The Bertz CT molecular complexity index is 166. The van der Waals surface area contributed by atoms with Gasteiger partial charge in [0.15, 0.2) is 0 Å². The Morgan fingerprint density at radius 1 is 1.22 bits per heavy atom. The Kier molecular flexibility index (Phi) is 2.16. The van der Waals surface area contributed by atoms with Crippen molar-refractivity contribution >= 4 is 7.62 Å². The fraction of sp³-hybridized carbons (Fsp3) is 0. The fourth-order valence-corrected chi connectivity index (χ4v) is 0.578. The first-order valence-electron chi connectivity index (χ1n) is 2.68. The molecule has 0 saturated carbocycles. The highest BCUT2D eigenvalue weighted by atomic mass is 16.4. The van der Waals surface area contributed by atoms with Crippen LogP contribution in [0, 0.1) is 0 Å². The van der Waals surface area contributed by atoms with Crippen LogP contribution in [0.3, 0.4) is 0 Å². The molecule has 0 aromatic heterocycles. The Balaban J connectivity index is 2.61. The highest BCUT2D eigenvalue weighted by Gasteiger charge is 1.86. The topological polar surface area (TPSA) is 35.2 Å². The molecule has 0 heterocycles. The van der Waals surface area contributed by atoms with Gasteiger partial charge in [0.2, 0.25) is 0 Å². The molecule has 0 aliphatic heterocycles. The van der Waals surface area contributed by atoms with Crippen LogP contribution in [0.5, 0.6) is 5.75 Å². The highest BCUT2D eigenvalue weighted by molar-refractivity contribution is 6.23. The first kappa shape index (κ1) is 6.17. The molecule has 3 heteroatoms. The van der Waals surface area contributed by atoms with Gasteiger partial charge in [0.25, 0.3) is 0 Å². The van der Waals surface area contributed by atoms with Crippen molar-refractivity contribution in [2.45, 2.75) is 0 Å². The molecule has 1 aromatic rings. The van der Waals surface area contributed by atoms with Crippen LogP contribution in [-0.4, -0.2) is 7.62 Å². The second-order valence-corrected chi connectivity index (χ2v) is 1.57. The van der Waals surface area contributed by atoms with Gasteiger partial charge in [-0.2, -0.15) is 0 Å². The fourth-order valence-electron chi connectivity index (χ4n) is 0.578. The van der Waals surface area contributed by atoms with E-state index < -0.39 is 0 Å². The van der Waals surface area contributed by atoms with Gasteiger partial charge in [-0.25, -0.2) is 0 Å². The number of hydrogen-bond donors (Lipinski definition) is 1. The number of benzene rings is 1. The van der Waals surface area contributed by atoms with Gasteiger partial charge >= 0.3 is 7.62 Å². The molecule has 0 fully saturated rings. The predicted molar refractivity (Wildman–Crippen MR) is 37.0 cm³/mol. The third-order valence-electron chi connectivity index (χ3n) is 0.947. The third-order valence-corrected chi connectivity index (χ3v) is 0.947. The number of rotatable bonds is 2. The second kappa shape index (κ2) is 3.15. The van der Waals surface area contributed by atoms with E-state index in [2.05, 4.69) is 0 Å². The molecule has 1 aromatic carbocycles. The molecule has 0 amide bonds. The molecule has 1 radical (unpaired) electrons. The van der Waals surface area contributed by atoms with E-state index in [-0.39, 0.29) is 0 Å². The Hall–Kier alpha value is -0.955. The SMILES string of the molecule is N[B]Oc1ccccc1. The molecule has 1 rings (SSSR count). The van der Waals surface area contributed by atoms with Gasteiger partial charge in [-0.3, -0.25) is 0 Å². The maximum Gasteiger partial charge on any atom is 0.474 e. The minimum Gasteiger partial charge on any atom is -0.548 e. The van der Waals surface area contributed by atoms with Crippen LogP contribution in [0.4, 0.5) is 0 Å². The summed E-state index contributed by atoms with van der Waals surface area (Å²) in [7, 11) is 1.16. The molecule has 2 N–H and O–H groups in total. The van der Waals surface area contributed by atoms with E-state index in [1.165, 1.54) is 0 Å². The average Bonchev–Trinajstić information content (AvgIpc) is 1.91. The quantitative estimate of drug-likeness (QED) is 0.578. The van der Waals surface area contributed by atoms with Crippen molar-refractivity contribution < 1.29 is 4.65 Å². The highest BCUT2D eigenvalue weighted by Crippen LogP contribution is 2.05. The van der Waals surface area contributed by atoms with Crippen LogP contribution < -0.4 is 10.3 Å². The zero-order chi connectivity index (χ0) is 6.53. The minimum atomic E-state index is 0.764. The molecule has 0 spiro atoms. The summed E-state index contributed by atoms with van der Waals surface area (Å²) in [6.45, 7) is 0. The summed E-state index contributed by atoms with van der Waals surface area (Å²) in [6, 6.07) is 9.37. The van der Waals surface area contributed by atoms with Crippen LogP contribution in [0.2, 0.25) is 0 Å². The molecule has 0 unspecified atom stereocenters. The molecule has 0 aliphatic rings. The van der Waals surface area contributed by atoms with E-state index in [0.29, 0.717) is 0 Å². The normalized spacial score (nSPS) is 8.56. The van der Waals surface area contributed by atoms with Crippen LogP contribution in [0.15, 0.2) is 30.3 Å². The van der Waals surface area contributed by atoms with E-state index in [1.807, 2.05) is 30.3 Å². The lowest BCUT2D eigenvalue weighted by Crippen LogP contribution is -2.12. The molecule has 0 bridgehead atoms. The summed E-state index contributed by atoms with van der Waals surface area (Å²) in [5.74, 6) is 0.764. The third kappa shape index (κ3) is 1.78. The largest absolute Gasteiger partial charge is 0.548 e. The summed E-state index contributed by atoms with van der Waals surface area (Å²) in [6.07, 6.45) is 0. The molecular weight excluding hydrogens is 113 g/mol. The van der Waals surface area contributed by atoms with Crippen molar-refractivity contribution in [3.8, 4) is 5.75 Å². The number of nitrogens with two attached hydrogens (primary N) is 1. The van der Waals surface area contributed by atoms with Gasteiger partial charge in [0.05, 0.1) is 5.75 Å². The first-order chi connectivity index (χ1) is 4.43. The monoisotopic (exact) mass is 120 g/mol. The van der Waals surface area contributed by atoms with Crippen molar-refractivity contribution in [2.75, 3.05) is 0 Å². The summed E-state index contributed by atoms with van der Waals surface area (Å²) in [4.78, 5) is 0. The molecule has 0 atom stereocenters. The van der Waals surface area contributed by atoms with Crippen molar-refractivity contribution in [3.63, 3.8) is 0 Å². The van der Waals surface area contributed by atoms with Crippen molar-refractivity contribution in [1.29, 1.82) is 0 Å². The van der Waals surface area contributed by atoms with Crippen LogP contribution in [0.1, 0.15) is 0 Å². The van der Waals surface area contributed by atoms with Gasteiger partial charge in [0.1, 0.15) is 0 Å². The smallest absolute Gasteiger partial charge is 0.474 e. The van der Waals surface area contributed by atoms with E-state index in [1.54, 1.807) is 0 Å². The lowest BCUT2D eigenvalue weighted by molar-refractivity contribution is 0.595. The molecule has 0 aliphatic carbocycles. The lowest BCUT2D eigenvalue weighted by atomic mass is 10.3. The number of para-hydroxylation sites is 1. The van der Waals surface area contributed by atoms with Gasteiger partial charge < -0.3 is 10.3 Å². The molecule has 0 saturated heterocycles. The maximum absolute atomic E-state index is 5.01. The summed E-state index contributed by atoms with van der Waals surface area (Å²) in [5.41, 5.74) is 5.01. The average molecular weight is 120 g/mol. The summed E-state index contributed by atoms with van der Waals surface area (Å²) in [5, 5.41) is 0. The first-order valence-corrected chi connectivity index (χ1v) is 2.68. The van der Waals surface area contributed by atoms with E-state index in [9.17, 15) is 0 Å². The summed E-state index contributed by atoms with van der Waals surface area (Å²) < 4.78 is 4.86. The number of hydrogen-bond acceptors (Lipinski definition) is 2. The lowest BCUT2D eigenvalue weighted by Gasteiger charge is -1.98. The second-order valence-electron chi connectivity index (χ2n) is 1.57. The zero-order valence-electron chi connectivity index (χ0n) is 4.95. The Morgan fingerprint density at radius 2 is 1.89 bits per heavy atom. The van der Waals surface area contributed by atoms with Gasteiger partial charge in [-0.15, -0.1) is 0 Å². The molecular formula is C6H7BNO.